The summed E-state index contributed by atoms with van der Waals surface area (Å²) in [5.74, 6) is 0.0415. The quantitative estimate of drug-likeness (QED) is 0.215. The van der Waals surface area contributed by atoms with Crippen LogP contribution in [0.15, 0.2) is 90.3 Å². The smallest absolute Gasteiger partial charge is 0.275 e. The Bertz CT molecular complexity index is 1660. The number of nitrogens with one attached hydrogen (secondary N) is 3. The lowest BCUT2D eigenvalue weighted by Crippen LogP contribution is -2.32. The third-order valence-corrected chi connectivity index (χ3v) is 6.56. The first-order valence-corrected chi connectivity index (χ1v) is 12.4. The molecule has 3 N–H and O–H groups in total. The number of fused-ring (bicyclic) bond motifs is 1. The summed E-state index contributed by atoms with van der Waals surface area (Å²) in [7, 11) is 1.55. The molecule has 1 atom stereocenters. The van der Waals surface area contributed by atoms with Crippen LogP contribution in [0.3, 0.4) is 0 Å². The van der Waals surface area contributed by atoms with E-state index >= 15 is 0 Å². The number of methoxy groups -OCH3 is 1. The van der Waals surface area contributed by atoms with Crippen molar-refractivity contribution in [3.63, 3.8) is 0 Å². The molecule has 5 rings (SSSR count). The Balaban J connectivity index is 1.57. The lowest BCUT2D eigenvalue weighted by atomic mass is 9.93. The highest BCUT2D eigenvalue weighted by Crippen LogP contribution is 2.41. The summed E-state index contributed by atoms with van der Waals surface area (Å²) in [6.45, 7) is 3.60. The van der Waals surface area contributed by atoms with Gasteiger partial charge < -0.3 is 20.7 Å². The summed E-state index contributed by atoms with van der Waals surface area (Å²) < 4.78 is 6.62. The second-order valence-corrected chi connectivity index (χ2v) is 9.24. The number of anilines is 3. The van der Waals surface area contributed by atoms with E-state index < -0.39 is 22.8 Å². The van der Waals surface area contributed by atoms with E-state index in [1.54, 1.807) is 62.6 Å². The van der Waals surface area contributed by atoms with Crippen LogP contribution in [-0.4, -0.2) is 33.6 Å². The van der Waals surface area contributed by atoms with Gasteiger partial charge in [-0.05, 0) is 61.9 Å². The summed E-state index contributed by atoms with van der Waals surface area (Å²) in [4.78, 5) is 38.5. The minimum absolute atomic E-state index is 0.177. The van der Waals surface area contributed by atoms with Crippen molar-refractivity contribution in [2.45, 2.75) is 19.9 Å². The molecule has 0 bridgehead atoms. The molecule has 0 fully saturated rings. The normalized spacial score (nSPS) is 14.1. The van der Waals surface area contributed by atoms with Crippen molar-refractivity contribution >= 4 is 34.7 Å². The molecular weight excluding hydrogens is 512 g/mol. The Labute approximate surface area is 229 Å². The minimum atomic E-state index is -0.989. The Hall–Kier alpha value is -5.45. The molecule has 0 aliphatic carbocycles. The number of para-hydroxylation sites is 1. The monoisotopic (exact) mass is 538 g/mol. The fourth-order valence-electron chi connectivity index (χ4n) is 4.68. The van der Waals surface area contributed by atoms with Gasteiger partial charge >= 0.3 is 0 Å². The van der Waals surface area contributed by atoms with E-state index in [4.69, 9.17) is 4.74 Å². The zero-order valence-corrected chi connectivity index (χ0v) is 22.0. The number of nitrogens with zero attached hydrogens (tertiary/aromatic N) is 3. The molecule has 1 aromatic heterocycles. The van der Waals surface area contributed by atoms with Crippen molar-refractivity contribution in [3.8, 4) is 5.75 Å². The topological polar surface area (TPSA) is 140 Å². The number of hydrogen-bond acceptors (Lipinski definition) is 7. The second kappa shape index (κ2) is 10.7. The Morgan fingerprint density at radius 2 is 1.70 bits per heavy atom. The van der Waals surface area contributed by atoms with Gasteiger partial charge in [0.2, 0.25) is 0 Å². The second-order valence-electron chi connectivity index (χ2n) is 9.24. The van der Waals surface area contributed by atoms with Gasteiger partial charge in [-0.15, -0.1) is 0 Å². The van der Waals surface area contributed by atoms with Crippen LogP contribution in [0, 0.1) is 17.0 Å². The van der Waals surface area contributed by atoms with E-state index in [0.29, 0.717) is 28.6 Å². The van der Waals surface area contributed by atoms with Gasteiger partial charge in [0, 0.05) is 23.1 Å². The molecule has 0 unspecified atom stereocenters. The number of ether oxygens (including phenoxy) is 1. The average molecular weight is 539 g/mol. The van der Waals surface area contributed by atoms with Crippen LogP contribution in [-0.2, 0) is 4.79 Å². The van der Waals surface area contributed by atoms with Crippen LogP contribution in [0.2, 0.25) is 0 Å². The molecular formula is C29H26N6O5. The summed E-state index contributed by atoms with van der Waals surface area (Å²) in [6.07, 6.45) is 1.38. The molecule has 2 heterocycles. The third-order valence-electron chi connectivity index (χ3n) is 6.56. The molecule has 1 aliphatic heterocycles. The number of aryl methyl sites for hydroxylation is 1. The van der Waals surface area contributed by atoms with Crippen LogP contribution in [0.25, 0.3) is 0 Å². The van der Waals surface area contributed by atoms with E-state index in [1.165, 1.54) is 16.9 Å². The average Bonchev–Trinajstić information content (AvgIpc) is 3.36. The molecule has 0 spiro atoms. The highest BCUT2D eigenvalue weighted by molar-refractivity contribution is 6.09. The molecule has 202 valence electrons. The number of carbonyl (C=O) groups excluding carboxylic acids is 2. The van der Waals surface area contributed by atoms with Crippen molar-refractivity contribution in [1.82, 2.24) is 9.78 Å². The highest BCUT2D eigenvalue weighted by atomic mass is 16.6. The lowest BCUT2D eigenvalue weighted by molar-refractivity contribution is -0.385. The maximum absolute atomic E-state index is 13.7. The van der Waals surface area contributed by atoms with Crippen molar-refractivity contribution in [3.05, 3.63) is 117 Å². The lowest BCUT2D eigenvalue weighted by Gasteiger charge is -2.30. The number of hydrogen-bond donors (Lipinski definition) is 3. The van der Waals surface area contributed by atoms with Crippen LogP contribution < -0.4 is 20.7 Å². The van der Waals surface area contributed by atoms with Crippen molar-refractivity contribution in [2.75, 3.05) is 23.1 Å². The molecule has 0 saturated carbocycles. The van der Waals surface area contributed by atoms with Crippen molar-refractivity contribution in [2.24, 2.45) is 0 Å². The van der Waals surface area contributed by atoms with Gasteiger partial charge in [-0.1, -0.05) is 24.3 Å². The van der Waals surface area contributed by atoms with Crippen LogP contribution >= 0.6 is 0 Å². The SMILES string of the molecule is COc1ccc(NC(=O)C2=C(C)Nc3c(C(=O)Nc4cccc(C)c4)cnn3[C@H]2c2ccccc2[N+](=O)[O-])cc1. The highest BCUT2D eigenvalue weighted by Gasteiger charge is 2.38. The predicted molar refractivity (Wildman–Crippen MR) is 151 cm³/mol. The fourth-order valence-corrected chi connectivity index (χ4v) is 4.68. The zero-order chi connectivity index (χ0) is 28.4. The number of allylic oxidation sites excluding steroid dienone is 1. The molecule has 40 heavy (non-hydrogen) atoms. The largest absolute Gasteiger partial charge is 0.497 e. The number of nitro benzene ring substituents is 1. The van der Waals surface area contributed by atoms with Crippen LogP contribution in [0.1, 0.15) is 34.5 Å². The molecule has 1 aliphatic rings. The van der Waals surface area contributed by atoms with Crippen molar-refractivity contribution < 1.29 is 19.2 Å². The van der Waals surface area contributed by atoms with E-state index in [2.05, 4.69) is 21.0 Å². The molecule has 11 nitrogen and oxygen atoms in total. The molecule has 3 aromatic carbocycles. The molecule has 11 heteroatoms. The van der Waals surface area contributed by atoms with Gasteiger partial charge in [-0.2, -0.15) is 5.10 Å². The number of amides is 2. The first-order valence-electron chi connectivity index (χ1n) is 12.4. The Morgan fingerprint density at radius 1 is 0.975 bits per heavy atom. The molecule has 0 saturated heterocycles. The standard InChI is InChI=1S/C29H26N6O5/c1-17-7-6-8-20(15-17)33-28(36)23-16-30-34-26(22-9-4-5-10-24(22)35(38)39)25(18(2)31-27(23)34)29(37)32-19-11-13-21(40-3)14-12-19/h4-16,26,31H,1-3H3,(H,32,37)(H,33,36)/t26-/m0/s1. The number of rotatable bonds is 7. The first-order chi connectivity index (χ1) is 19.3. The summed E-state index contributed by atoms with van der Waals surface area (Å²) in [5.41, 5.74) is 3.04. The van der Waals surface area contributed by atoms with Gasteiger partial charge in [0.25, 0.3) is 17.5 Å². The van der Waals surface area contributed by atoms with Gasteiger partial charge in [0.15, 0.2) is 0 Å². The van der Waals surface area contributed by atoms with Gasteiger partial charge in [-0.3, -0.25) is 19.7 Å². The van der Waals surface area contributed by atoms with Crippen LogP contribution in [0.5, 0.6) is 5.75 Å². The van der Waals surface area contributed by atoms with E-state index in [0.717, 1.165) is 5.56 Å². The number of nitro groups is 1. The Morgan fingerprint density at radius 3 is 2.40 bits per heavy atom. The first kappa shape index (κ1) is 26.2. The molecule has 2 amide bonds. The minimum Gasteiger partial charge on any atom is -0.497 e. The molecule has 0 radical (unpaired) electrons. The third kappa shape index (κ3) is 4.99. The summed E-state index contributed by atoms with van der Waals surface area (Å²) in [5, 5.41) is 25.3. The van der Waals surface area contributed by atoms with Gasteiger partial charge in [-0.25, -0.2) is 4.68 Å². The van der Waals surface area contributed by atoms with Gasteiger partial charge in [0.1, 0.15) is 23.2 Å². The van der Waals surface area contributed by atoms with Crippen molar-refractivity contribution in [1.29, 1.82) is 0 Å². The summed E-state index contributed by atoms with van der Waals surface area (Å²) >= 11 is 0. The number of carbonyl (C=O) groups is 2. The van der Waals surface area contributed by atoms with Crippen LogP contribution in [0.4, 0.5) is 22.9 Å². The number of aromatic nitrogens is 2. The maximum atomic E-state index is 13.7. The maximum Gasteiger partial charge on any atom is 0.275 e. The molecule has 4 aromatic rings. The van der Waals surface area contributed by atoms with Gasteiger partial charge in [0.05, 0.1) is 29.4 Å². The zero-order valence-electron chi connectivity index (χ0n) is 22.0. The van der Waals surface area contributed by atoms with E-state index in [-0.39, 0.29) is 22.4 Å². The number of benzene rings is 3. The van der Waals surface area contributed by atoms with E-state index in [9.17, 15) is 19.7 Å². The fraction of sp³-hybridized carbons (Fsp3) is 0.138. The summed E-state index contributed by atoms with van der Waals surface area (Å²) in [6, 6.07) is 19.4. The Kier molecular flexibility index (Phi) is 7.02. The van der Waals surface area contributed by atoms with E-state index in [1.807, 2.05) is 25.1 Å². The predicted octanol–water partition coefficient (Wildman–Crippen LogP) is 5.29.